The van der Waals surface area contributed by atoms with E-state index in [-0.39, 0.29) is 23.8 Å². The molecule has 0 saturated carbocycles. The van der Waals surface area contributed by atoms with E-state index in [1.807, 2.05) is 31.2 Å². The first kappa shape index (κ1) is 20.1. The molecule has 28 heavy (non-hydrogen) atoms. The van der Waals surface area contributed by atoms with Gasteiger partial charge in [-0.15, -0.1) is 23.1 Å². The minimum Gasteiger partial charge on any atom is -0.457 e. The van der Waals surface area contributed by atoms with Crippen LogP contribution in [0.15, 0.2) is 40.5 Å². The number of H-pyrrole nitrogens is 1. The van der Waals surface area contributed by atoms with Crippen molar-refractivity contribution in [2.24, 2.45) is 0 Å². The lowest BCUT2D eigenvalue weighted by molar-refractivity contribution is -0.144. The lowest BCUT2D eigenvalue weighted by atomic mass is 10.2. The fourth-order valence-electron chi connectivity index (χ4n) is 2.35. The number of amides is 1. The average Bonchev–Trinajstić information content (AvgIpc) is 3.15. The summed E-state index contributed by atoms with van der Waals surface area (Å²) >= 11 is 2.49. The van der Waals surface area contributed by atoms with E-state index in [2.05, 4.69) is 15.3 Å². The van der Waals surface area contributed by atoms with Gasteiger partial charge < -0.3 is 15.0 Å². The van der Waals surface area contributed by atoms with E-state index in [9.17, 15) is 14.4 Å². The van der Waals surface area contributed by atoms with Crippen LogP contribution in [0.1, 0.15) is 18.3 Å². The largest absolute Gasteiger partial charge is 0.457 e. The summed E-state index contributed by atoms with van der Waals surface area (Å²) in [6.45, 7) is 3.52. The van der Waals surface area contributed by atoms with Gasteiger partial charge in [0.25, 0.3) is 5.56 Å². The van der Waals surface area contributed by atoms with E-state index < -0.39 is 11.2 Å². The van der Waals surface area contributed by atoms with Crippen molar-refractivity contribution in [2.45, 2.75) is 25.7 Å². The molecule has 0 aliphatic carbocycles. The standard InChI is InChI=1S/C19H19N3O4S2/c1-11-3-5-13(6-4-11)20-16(23)10-28-12(2)19(25)26-9-15-21-14-7-8-27-17(14)18(24)22-15/h3-8,12H,9-10H2,1-2H3,(H,20,23)(H,21,22,24)/t12-/m0/s1. The highest BCUT2D eigenvalue weighted by atomic mass is 32.2. The number of nitrogens with zero attached hydrogens (tertiary/aromatic N) is 1. The minimum atomic E-state index is -0.527. The van der Waals surface area contributed by atoms with Gasteiger partial charge in [-0.2, -0.15) is 0 Å². The first-order valence-electron chi connectivity index (χ1n) is 8.53. The maximum atomic E-state index is 12.1. The Balaban J connectivity index is 1.46. The summed E-state index contributed by atoms with van der Waals surface area (Å²) in [5.74, 6) is -0.248. The second kappa shape index (κ2) is 9.03. The van der Waals surface area contributed by atoms with Crippen LogP contribution < -0.4 is 10.9 Å². The van der Waals surface area contributed by atoms with E-state index in [4.69, 9.17) is 4.74 Å². The van der Waals surface area contributed by atoms with Gasteiger partial charge in [-0.1, -0.05) is 17.7 Å². The number of esters is 1. The zero-order valence-electron chi connectivity index (χ0n) is 15.4. The Morgan fingerprint density at radius 1 is 1.29 bits per heavy atom. The van der Waals surface area contributed by atoms with Crippen LogP contribution >= 0.6 is 23.1 Å². The third kappa shape index (κ3) is 5.20. The SMILES string of the molecule is Cc1ccc(NC(=O)CS[C@@H](C)C(=O)OCc2nc3ccsc3c(=O)[nH]2)cc1. The predicted octanol–water partition coefficient (Wildman–Crippen LogP) is 3.10. The molecule has 1 aromatic carbocycles. The van der Waals surface area contributed by atoms with Crippen LogP contribution in [0, 0.1) is 6.92 Å². The summed E-state index contributed by atoms with van der Waals surface area (Å²) in [5.41, 5.74) is 2.15. The smallest absolute Gasteiger partial charge is 0.319 e. The van der Waals surface area contributed by atoms with Crippen molar-refractivity contribution in [1.29, 1.82) is 0 Å². The molecule has 2 heterocycles. The van der Waals surface area contributed by atoms with Crippen LogP contribution in [0.2, 0.25) is 0 Å². The van der Waals surface area contributed by atoms with Crippen LogP contribution in [0.4, 0.5) is 5.69 Å². The number of anilines is 1. The molecule has 2 aromatic heterocycles. The van der Waals surface area contributed by atoms with Crippen LogP contribution in [0.5, 0.6) is 0 Å². The zero-order valence-corrected chi connectivity index (χ0v) is 17.0. The number of rotatable bonds is 7. The molecule has 0 bridgehead atoms. The minimum absolute atomic E-state index is 0.125. The number of fused-ring (bicyclic) bond motifs is 1. The van der Waals surface area contributed by atoms with Gasteiger partial charge in [0.1, 0.15) is 22.4 Å². The van der Waals surface area contributed by atoms with Gasteiger partial charge in [-0.25, -0.2) is 4.98 Å². The highest BCUT2D eigenvalue weighted by molar-refractivity contribution is 8.01. The summed E-state index contributed by atoms with van der Waals surface area (Å²) in [7, 11) is 0. The number of aryl methyl sites for hydroxylation is 1. The Morgan fingerprint density at radius 2 is 2.04 bits per heavy atom. The highest BCUT2D eigenvalue weighted by Crippen LogP contribution is 2.16. The second-order valence-corrected chi connectivity index (χ2v) is 8.37. The Labute approximate surface area is 169 Å². The molecule has 0 fully saturated rings. The van der Waals surface area contributed by atoms with Crippen LogP contribution in [0.3, 0.4) is 0 Å². The van der Waals surface area contributed by atoms with Crippen LogP contribution in [-0.4, -0.2) is 32.8 Å². The molecule has 0 saturated heterocycles. The maximum Gasteiger partial charge on any atom is 0.319 e. The van der Waals surface area contributed by atoms with E-state index >= 15 is 0 Å². The van der Waals surface area contributed by atoms with Crippen molar-refractivity contribution >= 4 is 50.9 Å². The van der Waals surface area contributed by atoms with Crippen molar-refractivity contribution in [2.75, 3.05) is 11.1 Å². The van der Waals surface area contributed by atoms with Crippen molar-refractivity contribution in [3.05, 3.63) is 57.5 Å². The number of thiophene rings is 1. The Hall–Kier alpha value is -2.65. The molecule has 146 valence electrons. The van der Waals surface area contributed by atoms with Crippen molar-refractivity contribution in [1.82, 2.24) is 9.97 Å². The van der Waals surface area contributed by atoms with Gasteiger partial charge in [0.05, 0.1) is 11.3 Å². The third-order valence-corrected chi connectivity index (χ3v) is 5.87. The lowest BCUT2D eigenvalue weighted by Crippen LogP contribution is -2.22. The predicted molar refractivity (Wildman–Crippen MR) is 112 cm³/mol. The summed E-state index contributed by atoms with van der Waals surface area (Å²) < 4.78 is 5.75. The van der Waals surface area contributed by atoms with Gasteiger partial charge in [0.15, 0.2) is 0 Å². The van der Waals surface area contributed by atoms with Gasteiger partial charge in [0.2, 0.25) is 5.91 Å². The molecular formula is C19H19N3O4S2. The summed E-state index contributed by atoms with van der Waals surface area (Å²) in [4.78, 5) is 42.9. The summed E-state index contributed by atoms with van der Waals surface area (Å²) in [5, 5.41) is 4.03. The van der Waals surface area contributed by atoms with E-state index in [0.29, 0.717) is 21.7 Å². The fraction of sp³-hybridized carbons (Fsp3) is 0.263. The third-order valence-electron chi connectivity index (χ3n) is 3.85. The summed E-state index contributed by atoms with van der Waals surface area (Å²) in [6.07, 6.45) is 0. The molecule has 3 rings (SSSR count). The molecule has 0 aliphatic heterocycles. The molecule has 0 aliphatic rings. The molecule has 1 atom stereocenters. The number of benzene rings is 1. The molecule has 0 spiro atoms. The Kier molecular flexibility index (Phi) is 6.48. The number of carbonyl (C=O) groups excluding carboxylic acids is 2. The van der Waals surface area contributed by atoms with Gasteiger partial charge in [-0.05, 0) is 37.4 Å². The maximum absolute atomic E-state index is 12.1. The summed E-state index contributed by atoms with van der Waals surface area (Å²) in [6, 6.07) is 9.22. The van der Waals surface area contributed by atoms with E-state index in [1.54, 1.807) is 18.4 Å². The number of hydrogen-bond donors (Lipinski definition) is 2. The van der Waals surface area contributed by atoms with Crippen molar-refractivity contribution < 1.29 is 14.3 Å². The highest BCUT2D eigenvalue weighted by Gasteiger charge is 2.17. The first-order chi connectivity index (χ1) is 13.4. The number of aromatic nitrogens is 2. The number of ether oxygens (including phenoxy) is 1. The Morgan fingerprint density at radius 3 is 2.79 bits per heavy atom. The fourth-order valence-corrected chi connectivity index (χ4v) is 3.75. The first-order valence-corrected chi connectivity index (χ1v) is 10.5. The van der Waals surface area contributed by atoms with Crippen molar-refractivity contribution in [3.63, 3.8) is 0 Å². The average molecular weight is 418 g/mol. The van der Waals surface area contributed by atoms with Gasteiger partial charge in [-0.3, -0.25) is 14.4 Å². The van der Waals surface area contributed by atoms with Gasteiger partial charge in [0, 0.05) is 5.69 Å². The quantitative estimate of drug-likeness (QED) is 0.573. The van der Waals surface area contributed by atoms with Crippen LogP contribution in [0.25, 0.3) is 10.2 Å². The molecule has 0 radical (unpaired) electrons. The lowest BCUT2D eigenvalue weighted by Gasteiger charge is -2.11. The normalized spacial score (nSPS) is 11.9. The van der Waals surface area contributed by atoms with E-state index in [0.717, 1.165) is 5.56 Å². The molecule has 9 heteroatoms. The Bertz CT molecular complexity index is 1040. The van der Waals surface area contributed by atoms with Crippen molar-refractivity contribution in [3.8, 4) is 0 Å². The number of hydrogen-bond acceptors (Lipinski definition) is 7. The van der Waals surface area contributed by atoms with E-state index in [1.165, 1.54) is 23.1 Å². The zero-order chi connectivity index (χ0) is 20.1. The topological polar surface area (TPSA) is 101 Å². The number of thioether (sulfide) groups is 1. The molecule has 1 amide bonds. The molecule has 3 aromatic rings. The monoisotopic (exact) mass is 417 g/mol. The number of aromatic amines is 1. The number of carbonyl (C=O) groups is 2. The molecular weight excluding hydrogens is 398 g/mol. The van der Waals surface area contributed by atoms with Gasteiger partial charge >= 0.3 is 5.97 Å². The molecule has 2 N–H and O–H groups in total. The van der Waals surface area contributed by atoms with Crippen LogP contribution in [-0.2, 0) is 20.9 Å². The second-order valence-electron chi connectivity index (χ2n) is 6.12. The number of nitrogens with one attached hydrogen (secondary N) is 2. The molecule has 0 unspecified atom stereocenters. The molecule has 7 nitrogen and oxygen atoms in total.